The number of pyridine rings is 1. The third-order valence-electron chi connectivity index (χ3n) is 3.46. The summed E-state index contributed by atoms with van der Waals surface area (Å²) >= 11 is 0. The Morgan fingerprint density at radius 2 is 2.05 bits per heavy atom. The van der Waals surface area contributed by atoms with Gasteiger partial charge in [0.25, 0.3) is 0 Å². The van der Waals surface area contributed by atoms with Crippen molar-refractivity contribution in [3.8, 4) is 0 Å². The van der Waals surface area contributed by atoms with Crippen molar-refractivity contribution < 1.29 is 25.9 Å². The number of hydrogen-bond donors (Lipinski definition) is 0. The Balaban J connectivity index is 0.00000133. The summed E-state index contributed by atoms with van der Waals surface area (Å²) in [5, 5.41) is 0.936. The Labute approximate surface area is 127 Å². The van der Waals surface area contributed by atoms with Crippen LogP contribution in [0.15, 0.2) is 24.3 Å². The summed E-state index contributed by atoms with van der Waals surface area (Å²) in [5.41, 5.74) is 2.71. The minimum absolute atomic E-state index is 0. The molecule has 0 saturated carbocycles. The standard InChI is InChI=1S/C15H15N2O.W/c1-11-4-5-14-13(10-11)12(6-7-16-14)15(18)17-8-2-3-9-17;/h4-6,10H,2-3,8-9H2,1H3;/q-1;+2. The van der Waals surface area contributed by atoms with Crippen molar-refractivity contribution in [2.24, 2.45) is 0 Å². The van der Waals surface area contributed by atoms with E-state index in [0.29, 0.717) is 0 Å². The van der Waals surface area contributed by atoms with E-state index in [2.05, 4.69) is 11.2 Å². The summed E-state index contributed by atoms with van der Waals surface area (Å²) in [4.78, 5) is 18.6. The zero-order chi connectivity index (χ0) is 12.5. The van der Waals surface area contributed by atoms with E-state index in [-0.39, 0.29) is 27.0 Å². The molecule has 2 heterocycles. The molecule has 0 spiro atoms. The molecule has 4 heteroatoms. The first-order valence-electron chi connectivity index (χ1n) is 6.32. The zero-order valence-electron chi connectivity index (χ0n) is 10.8. The maximum atomic E-state index is 12.5. The van der Waals surface area contributed by atoms with Crippen molar-refractivity contribution in [3.63, 3.8) is 0 Å². The quantitative estimate of drug-likeness (QED) is 0.661. The summed E-state index contributed by atoms with van der Waals surface area (Å²) in [6.07, 6.45) is 5.05. The average molecular weight is 423 g/mol. The first-order valence-corrected chi connectivity index (χ1v) is 6.32. The number of likely N-dealkylation sites (tertiary alicyclic amines) is 1. The Morgan fingerprint density at radius 1 is 1.32 bits per heavy atom. The molecule has 1 aromatic heterocycles. The van der Waals surface area contributed by atoms with Gasteiger partial charge >= 0.3 is 21.1 Å². The fraction of sp³-hybridized carbons (Fsp3) is 0.333. The minimum Gasteiger partial charge on any atom is -0.386 e. The molecule has 1 aromatic carbocycles. The Morgan fingerprint density at radius 3 is 2.79 bits per heavy atom. The van der Waals surface area contributed by atoms with Crippen molar-refractivity contribution >= 4 is 16.8 Å². The van der Waals surface area contributed by atoms with Gasteiger partial charge in [-0.3, -0.25) is 4.79 Å². The van der Waals surface area contributed by atoms with Crippen molar-refractivity contribution in [2.75, 3.05) is 13.1 Å². The second kappa shape index (κ2) is 5.83. The molecule has 1 saturated heterocycles. The zero-order valence-corrected chi connectivity index (χ0v) is 13.8. The molecule has 1 aliphatic heterocycles. The second-order valence-electron chi connectivity index (χ2n) is 4.82. The van der Waals surface area contributed by atoms with Crippen LogP contribution in [0.4, 0.5) is 0 Å². The van der Waals surface area contributed by atoms with Crippen LogP contribution in [0, 0.1) is 13.1 Å². The van der Waals surface area contributed by atoms with E-state index in [4.69, 9.17) is 0 Å². The predicted molar refractivity (Wildman–Crippen MR) is 70.5 cm³/mol. The number of carbonyl (C=O) groups excluding carboxylic acids is 1. The molecule has 0 radical (unpaired) electrons. The molecule has 1 fully saturated rings. The number of aromatic nitrogens is 1. The van der Waals surface area contributed by atoms with Crippen molar-refractivity contribution in [3.05, 3.63) is 41.6 Å². The monoisotopic (exact) mass is 423 g/mol. The van der Waals surface area contributed by atoms with Gasteiger partial charge in [-0.1, -0.05) is 40.9 Å². The van der Waals surface area contributed by atoms with Gasteiger partial charge in [-0.2, -0.15) is 0 Å². The fourth-order valence-corrected chi connectivity index (χ4v) is 2.47. The molecule has 0 aliphatic carbocycles. The molecule has 3 rings (SSSR count). The molecule has 3 nitrogen and oxygen atoms in total. The third-order valence-corrected chi connectivity index (χ3v) is 3.46. The number of fused-ring (bicyclic) bond motifs is 1. The van der Waals surface area contributed by atoms with E-state index >= 15 is 0 Å². The van der Waals surface area contributed by atoms with Crippen molar-refractivity contribution in [2.45, 2.75) is 19.8 Å². The predicted octanol–water partition coefficient (Wildman–Crippen LogP) is 2.58. The van der Waals surface area contributed by atoms with Crippen LogP contribution in [0.25, 0.3) is 10.9 Å². The van der Waals surface area contributed by atoms with Gasteiger partial charge in [0.15, 0.2) is 5.91 Å². The van der Waals surface area contributed by atoms with Gasteiger partial charge in [-0.25, -0.2) is 0 Å². The fourth-order valence-electron chi connectivity index (χ4n) is 2.47. The van der Waals surface area contributed by atoms with E-state index in [0.717, 1.165) is 48.0 Å². The molecule has 1 amide bonds. The molecule has 19 heavy (non-hydrogen) atoms. The van der Waals surface area contributed by atoms with Gasteiger partial charge in [0.2, 0.25) is 0 Å². The van der Waals surface area contributed by atoms with Gasteiger partial charge in [-0.15, -0.1) is 6.07 Å². The van der Waals surface area contributed by atoms with Crippen LogP contribution in [-0.2, 0) is 21.1 Å². The van der Waals surface area contributed by atoms with Crippen molar-refractivity contribution in [1.82, 2.24) is 9.88 Å². The van der Waals surface area contributed by atoms with Gasteiger partial charge in [0, 0.05) is 13.1 Å². The molecule has 0 N–H and O–H groups in total. The van der Waals surface area contributed by atoms with Gasteiger partial charge in [0.05, 0.1) is 0 Å². The number of carbonyl (C=O) groups is 1. The summed E-state index contributed by atoms with van der Waals surface area (Å²) < 4.78 is 0. The smallest absolute Gasteiger partial charge is 0.386 e. The summed E-state index contributed by atoms with van der Waals surface area (Å²) in [5.74, 6) is 0.113. The molecule has 96 valence electrons. The Hall–Kier alpha value is -1.21. The number of benzene rings is 1. The first kappa shape index (κ1) is 14.2. The van der Waals surface area contributed by atoms with Crippen LogP contribution in [0.3, 0.4) is 0 Å². The van der Waals surface area contributed by atoms with Crippen LogP contribution in [-0.4, -0.2) is 28.9 Å². The molecule has 0 bridgehead atoms. The maximum Gasteiger partial charge on any atom is 2.00 e. The second-order valence-corrected chi connectivity index (χ2v) is 4.82. The summed E-state index contributed by atoms with van der Waals surface area (Å²) in [6, 6.07) is 7.69. The molecular formula is C15H15N2OW+. The van der Waals surface area contributed by atoms with E-state index < -0.39 is 0 Å². The molecule has 0 unspecified atom stereocenters. The molecular weight excluding hydrogens is 408 g/mol. The topological polar surface area (TPSA) is 33.2 Å². The van der Waals surface area contributed by atoms with Crippen molar-refractivity contribution in [1.29, 1.82) is 0 Å². The molecule has 0 atom stereocenters. The number of hydrogen-bond acceptors (Lipinski definition) is 2. The Kier molecular flexibility index (Phi) is 4.36. The van der Waals surface area contributed by atoms with Crippen LogP contribution >= 0.6 is 0 Å². The van der Waals surface area contributed by atoms with Crippen LogP contribution in [0.1, 0.15) is 28.8 Å². The van der Waals surface area contributed by atoms with Gasteiger partial charge < -0.3 is 9.88 Å². The van der Waals surface area contributed by atoms with Crippen LogP contribution in [0.5, 0.6) is 0 Å². The third kappa shape index (κ3) is 2.71. The summed E-state index contributed by atoms with van der Waals surface area (Å²) in [7, 11) is 0. The van der Waals surface area contributed by atoms with E-state index in [9.17, 15) is 4.79 Å². The van der Waals surface area contributed by atoms with Gasteiger partial charge in [-0.05, 0) is 25.3 Å². The average Bonchev–Trinajstić information content (AvgIpc) is 2.91. The molecule has 2 aromatic rings. The normalized spacial score (nSPS) is 14.5. The maximum absolute atomic E-state index is 12.5. The Bertz CT molecular complexity index is 606. The number of nitrogens with zero attached hydrogens (tertiary/aromatic N) is 2. The number of amides is 1. The van der Waals surface area contributed by atoms with Gasteiger partial charge in [0.1, 0.15) is 0 Å². The molecule has 1 aliphatic rings. The van der Waals surface area contributed by atoms with Crippen LogP contribution < -0.4 is 0 Å². The van der Waals surface area contributed by atoms with Crippen LogP contribution in [0.2, 0.25) is 0 Å². The largest absolute Gasteiger partial charge is 2.00 e. The summed E-state index contributed by atoms with van der Waals surface area (Å²) in [6.45, 7) is 3.77. The van der Waals surface area contributed by atoms with E-state index in [1.807, 2.05) is 30.0 Å². The van der Waals surface area contributed by atoms with E-state index in [1.165, 1.54) is 0 Å². The first-order chi connectivity index (χ1) is 8.75. The number of rotatable bonds is 1. The SMILES string of the molecule is Cc1ccc2n[c-]cc(C(=O)N3CCCC3)c2c1.[W+2]. The minimum atomic E-state index is 0. The number of aryl methyl sites for hydroxylation is 1. The van der Waals surface area contributed by atoms with E-state index in [1.54, 1.807) is 6.07 Å².